The van der Waals surface area contributed by atoms with Crippen LogP contribution in [-0.4, -0.2) is 40.3 Å². The molecular formula is C23H25F2NO5. The maximum Gasteiger partial charge on any atom is 0.411 e. The van der Waals surface area contributed by atoms with E-state index in [1.54, 1.807) is 20.8 Å². The second-order valence-electron chi connectivity index (χ2n) is 8.49. The molecule has 0 saturated heterocycles. The fraction of sp³-hybridized carbons (Fsp3) is 0.391. The molecule has 0 radical (unpaired) electrons. The highest BCUT2D eigenvalue weighted by atomic mass is 19.1. The summed E-state index contributed by atoms with van der Waals surface area (Å²) in [5.74, 6) is -3.39. The van der Waals surface area contributed by atoms with Crippen molar-refractivity contribution in [1.82, 2.24) is 4.90 Å². The van der Waals surface area contributed by atoms with Crippen molar-refractivity contribution in [3.63, 3.8) is 0 Å². The molecule has 0 heterocycles. The third kappa shape index (κ3) is 5.93. The summed E-state index contributed by atoms with van der Waals surface area (Å²) in [5, 5.41) is 9.22. The average molecular weight is 433 g/mol. The van der Waals surface area contributed by atoms with Crippen LogP contribution in [0.2, 0.25) is 0 Å². The average Bonchev–Trinajstić information content (AvgIpc) is 3.44. The van der Waals surface area contributed by atoms with Crippen molar-refractivity contribution in [2.24, 2.45) is 0 Å². The Kier molecular flexibility index (Phi) is 6.48. The molecule has 2 aromatic carbocycles. The number of benzene rings is 2. The Labute approximate surface area is 179 Å². The van der Waals surface area contributed by atoms with Crippen molar-refractivity contribution in [1.29, 1.82) is 0 Å². The normalized spacial score (nSPS) is 17.7. The molecule has 1 fully saturated rings. The van der Waals surface area contributed by atoms with E-state index >= 15 is 0 Å². The van der Waals surface area contributed by atoms with Crippen LogP contribution < -0.4 is 4.74 Å². The molecular weight excluding hydrogens is 408 g/mol. The van der Waals surface area contributed by atoms with Gasteiger partial charge in [-0.15, -0.1) is 0 Å². The summed E-state index contributed by atoms with van der Waals surface area (Å²) in [6.45, 7) is 4.52. The van der Waals surface area contributed by atoms with Crippen LogP contribution in [0.4, 0.5) is 13.6 Å². The number of carboxylic acids is 1. The van der Waals surface area contributed by atoms with Crippen molar-refractivity contribution in [2.45, 2.75) is 51.4 Å². The molecule has 166 valence electrons. The topological polar surface area (TPSA) is 76.1 Å². The van der Waals surface area contributed by atoms with E-state index in [9.17, 15) is 23.5 Å². The number of carboxylic acid groups (broad SMARTS) is 1. The molecule has 2 aromatic rings. The van der Waals surface area contributed by atoms with E-state index in [2.05, 4.69) is 0 Å². The van der Waals surface area contributed by atoms with Crippen LogP contribution >= 0.6 is 0 Å². The van der Waals surface area contributed by atoms with E-state index < -0.39 is 47.8 Å². The zero-order valence-electron chi connectivity index (χ0n) is 17.6. The Bertz CT molecular complexity index is 958. The molecule has 31 heavy (non-hydrogen) atoms. The lowest BCUT2D eigenvalue weighted by atomic mass is 10.1. The minimum atomic E-state index is -1.21. The zero-order valence-corrected chi connectivity index (χ0v) is 17.6. The van der Waals surface area contributed by atoms with Crippen molar-refractivity contribution in [3.05, 3.63) is 65.2 Å². The van der Waals surface area contributed by atoms with Gasteiger partial charge in [0.1, 0.15) is 24.6 Å². The van der Waals surface area contributed by atoms with Crippen LogP contribution in [0.5, 0.6) is 5.75 Å². The predicted molar refractivity (Wildman–Crippen MR) is 109 cm³/mol. The summed E-state index contributed by atoms with van der Waals surface area (Å²) in [6.07, 6.45) is -0.442. The highest BCUT2D eigenvalue weighted by Crippen LogP contribution is 2.49. The first-order chi connectivity index (χ1) is 14.5. The van der Waals surface area contributed by atoms with Gasteiger partial charge in [-0.05, 0) is 38.8 Å². The molecule has 1 amide bonds. The SMILES string of the molecule is CC(C)(C)OC(=O)N(CC(=O)O)[C@@H]1C[C@H]1c1cc(F)cc(F)c1OCc1ccccc1. The summed E-state index contributed by atoms with van der Waals surface area (Å²) in [6, 6.07) is 10.5. The van der Waals surface area contributed by atoms with Gasteiger partial charge in [0.15, 0.2) is 11.6 Å². The molecule has 0 unspecified atom stereocenters. The van der Waals surface area contributed by atoms with Gasteiger partial charge in [0.05, 0.1) is 0 Å². The monoisotopic (exact) mass is 433 g/mol. The number of nitrogens with zero attached hydrogens (tertiary/aromatic N) is 1. The summed E-state index contributed by atoms with van der Waals surface area (Å²) >= 11 is 0. The number of hydrogen-bond acceptors (Lipinski definition) is 4. The van der Waals surface area contributed by atoms with E-state index in [0.29, 0.717) is 6.42 Å². The summed E-state index contributed by atoms with van der Waals surface area (Å²) < 4.78 is 39.5. The lowest BCUT2D eigenvalue weighted by Crippen LogP contribution is -2.41. The molecule has 1 aliphatic carbocycles. The van der Waals surface area contributed by atoms with E-state index in [-0.39, 0.29) is 17.9 Å². The quantitative estimate of drug-likeness (QED) is 0.684. The van der Waals surface area contributed by atoms with Crippen molar-refractivity contribution >= 4 is 12.1 Å². The molecule has 8 heteroatoms. The van der Waals surface area contributed by atoms with Crippen molar-refractivity contribution in [3.8, 4) is 5.75 Å². The summed E-state index contributed by atoms with van der Waals surface area (Å²) in [7, 11) is 0. The zero-order chi connectivity index (χ0) is 22.8. The maximum absolute atomic E-state index is 14.6. The Morgan fingerprint density at radius 2 is 1.84 bits per heavy atom. The van der Waals surface area contributed by atoms with E-state index in [4.69, 9.17) is 9.47 Å². The molecule has 0 aromatic heterocycles. The highest BCUT2D eigenvalue weighted by Gasteiger charge is 2.48. The van der Waals surface area contributed by atoms with Crippen LogP contribution in [0.25, 0.3) is 0 Å². The Hall–Kier alpha value is -3.16. The largest absolute Gasteiger partial charge is 0.486 e. The lowest BCUT2D eigenvalue weighted by Gasteiger charge is -2.27. The fourth-order valence-electron chi connectivity index (χ4n) is 3.38. The van der Waals surface area contributed by atoms with Crippen LogP contribution in [0.1, 0.15) is 44.2 Å². The number of halogens is 2. The van der Waals surface area contributed by atoms with E-state index in [1.807, 2.05) is 30.3 Å². The Morgan fingerprint density at radius 3 is 2.45 bits per heavy atom. The Morgan fingerprint density at radius 1 is 1.16 bits per heavy atom. The lowest BCUT2D eigenvalue weighted by molar-refractivity contribution is -0.138. The smallest absolute Gasteiger partial charge is 0.411 e. The first-order valence-corrected chi connectivity index (χ1v) is 9.92. The number of ether oxygens (including phenoxy) is 2. The van der Waals surface area contributed by atoms with Crippen LogP contribution in [0.3, 0.4) is 0 Å². The number of amides is 1. The van der Waals surface area contributed by atoms with Gasteiger partial charge in [-0.1, -0.05) is 30.3 Å². The van der Waals surface area contributed by atoms with Gasteiger partial charge < -0.3 is 14.6 Å². The molecule has 0 aliphatic heterocycles. The molecule has 6 nitrogen and oxygen atoms in total. The first-order valence-electron chi connectivity index (χ1n) is 9.92. The van der Waals surface area contributed by atoms with Gasteiger partial charge >= 0.3 is 12.1 Å². The maximum atomic E-state index is 14.6. The molecule has 1 saturated carbocycles. The third-order valence-corrected chi connectivity index (χ3v) is 4.75. The first kappa shape index (κ1) is 22.5. The second kappa shape index (κ2) is 8.91. The molecule has 3 rings (SSSR count). The number of aliphatic carboxylic acids is 1. The van der Waals surface area contributed by atoms with Crippen LogP contribution in [0, 0.1) is 11.6 Å². The summed E-state index contributed by atoms with van der Waals surface area (Å²) in [4.78, 5) is 24.9. The predicted octanol–water partition coefficient (Wildman–Crippen LogP) is 4.72. The molecule has 2 atom stereocenters. The van der Waals surface area contributed by atoms with E-state index in [0.717, 1.165) is 16.5 Å². The number of hydrogen-bond donors (Lipinski definition) is 1. The van der Waals surface area contributed by atoms with Crippen LogP contribution in [0.15, 0.2) is 42.5 Å². The van der Waals surface area contributed by atoms with Gasteiger partial charge in [0.2, 0.25) is 0 Å². The Balaban J connectivity index is 1.83. The summed E-state index contributed by atoms with van der Waals surface area (Å²) in [5.41, 5.74) is 0.260. The standard InChI is InChI=1S/C23H25F2NO5/c1-23(2,3)31-22(29)26(12-20(27)28)19-11-16(19)17-9-15(24)10-18(25)21(17)30-13-14-7-5-4-6-8-14/h4-10,16,19H,11-13H2,1-3H3,(H,27,28)/t16-,19+/m0/s1. The molecule has 0 bridgehead atoms. The third-order valence-electron chi connectivity index (χ3n) is 4.75. The van der Waals surface area contributed by atoms with Gasteiger partial charge in [-0.3, -0.25) is 9.69 Å². The highest BCUT2D eigenvalue weighted by molar-refractivity contribution is 5.78. The second-order valence-corrected chi connectivity index (χ2v) is 8.49. The van der Waals surface area contributed by atoms with Crippen molar-refractivity contribution < 1.29 is 33.0 Å². The molecule has 1 aliphatic rings. The van der Waals surface area contributed by atoms with Gasteiger partial charge in [-0.25, -0.2) is 13.6 Å². The number of rotatable bonds is 7. The van der Waals surface area contributed by atoms with Crippen molar-refractivity contribution in [2.75, 3.05) is 6.54 Å². The number of carbonyl (C=O) groups is 2. The van der Waals surface area contributed by atoms with Crippen LogP contribution in [-0.2, 0) is 16.1 Å². The van der Waals surface area contributed by atoms with Gasteiger partial charge in [0, 0.05) is 23.6 Å². The fourth-order valence-corrected chi connectivity index (χ4v) is 3.38. The molecule has 1 N–H and O–H groups in total. The minimum Gasteiger partial charge on any atom is -0.486 e. The van der Waals surface area contributed by atoms with Gasteiger partial charge in [0.25, 0.3) is 0 Å². The van der Waals surface area contributed by atoms with Gasteiger partial charge in [-0.2, -0.15) is 0 Å². The van der Waals surface area contributed by atoms with E-state index in [1.165, 1.54) is 6.07 Å². The minimum absolute atomic E-state index is 0.0820. The number of carbonyl (C=O) groups excluding carboxylic acids is 1. The molecule has 0 spiro atoms.